The lowest BCUT2D eigenvalue weighted by Gasteiger charge is -2.12. The SMILES string of the molecule is NC(=S)c1ccc(Br)cc1NCc1cccc(Br)c1. The van der Waals surface area contributed by atoms with Crippen LogP contribution in [0.5, 0.6) is 0 Å². The largest absolute Gasteiger partial charge is 0.389 e. The predicted molar refractivity (Wildman–Crippen MR) is 91.5 cm³/mol. The highest BCUT2D eigenvalue weighted by atomic mass is 79.9. The highest BCUT2D eigenvalue weighted by Crippen LogP contribution is 2.22. The number of benzene rings is 2. The lowest BCUT2D eigenvalue weighted by molar-refractivity contribution is 1.14. The Kier molecular flexibility index (Phi) is 4.96. The maximum atomic E-state index is 5.73. The fourth-order valence-electron chi connectivity index (χ4n) is 1.72. The summed E-state index contributed by atoms with van der Waals surface area (Å²) in [4.78, 5) is 0.393. The van der Waals surface area contributed by atoms with Crippen molar-refractivity contribution in [2.75, 3.05) is 5.32 Å². The van der Waals surface area contributed by atoms with Crippen molar-refractivity contribution in [2.45, 2.75) is 6.54 Å². The summed E-state index contributed by atoms with van der Waals surface area (Å²) in [6.07, 6.45) is 0. The van der Waals surface area contributed by atoms with Gasteiger partial charge in [-0.15, -0.1) is 0 Å². The molecule has 2 aromatic carbocycles. The van der Waals surface area contributed by atoms with Crippen molar-refractivity contribution in [2.24, 2.45) is 5.73 Å². The van der Waals surface area contributed by atoms with Crippen LogP contribution < -0.4 is 11.1 Å². The summed E-state index contributed by atoms with van der Waals surface area (Å²) in [6, 6.07) is 14.0. The Bertz CT molecular complexity index is 614. The molecular weight excluding hydrogens is 388 g/mol. The van der Waals surface area contributed by atoms with Gasteiger partial charge in [-0.05, 0) is 35.9 Å². The molecule has 0 atom stereocenters. The van der Waals surface area contributed by atoms with Crippen LogP contribution in [0.25, 0.3) is 0 Å². The van der Waals surface area contributed by atoms with Gasteiger partial charge < -0.3 is 11.1 Å². The number of nitrogens with one attached hydrogen (secondary N) is 1. The minimum absolute atomic E-state index is 0.393. The van der Waals surface area contributed by atoms with Crippen LogP contribution in [0.15, 0.2) is 51.4 Å². The molecule has 0 amide bonds. The van der Waals surface area contributed by atoms with E-state index in [1.807, 2.05) is 30.3 Å². The number of hydrogen-bond donors (Lipinski definition) is 2. The molecule has 0 bridgehead atoms. The van der Waals surface area contributed by atoms with Crippen molar-refractivity contribution in [3.63, 3.8) is 0 Å². The minimum Gasteiger partial charge on any atom is -0.389 e. The van der Waals surface area contributed by atoms with Crippen molar-refractivity contribution in [3.05, 3.63) is 62.5 Å². The molecule has 3 N–H and O–H groups in total. The van der Waals surface area contributed by atoms with Gasteiger partial charge in [0.25, 0.3) is 0 Å². The zero-order chi connectivity index (χ0) is 13.8. The van der Waals surface area contributed by atoms with E-state index in [1.165, 1.54) is 5.56 Å². The molecule has 0 aromatic heterocycles. The summed E-state index contributed by atoms with van der Waals surface area (Å²) in [7, 11) is 0. The molecule has 2 nitrogen and oxygen atoms in total. The summed E-state index contributed by atoms with van der Waals surface area (Å²) in [5, 5.41) is 3.36. The molecule has 0 aliphatic rings. The third kappa shape index (κ3) is 4.03. The predicted octanol–water partition coefficient (Wildman–Crippen LogP) is 4.46. The molecule has 2 rings (SSSR count). The van der Waals surface area contributed by atoms with Crippen LogP contribution in [0.4, 0.5) is 5.69 Å². The molecule has 0 aliphatic heterocycles. The Hall–Kier alpha value is -0.910. The van der Waals surface area contributed by atoms with E-state index in [2.05, 4.69) is 49.3 Å². The van der Waals surface area contributed by atoms with Gasteiger partial charge >= 0.3 is 0 Å². The van der Waals surface area contributed by atoms with Crippen molar-refractivity contribution in [1.29, 1.82) is 0 Å². The van der Waals surface area contributed by atoms with E-state index in [9.17, 15) is 0 Å². The van der Waals surface area contributed by atoms with Crippen molar-refractivity contribution in [3.8, 4) is 0 Å². The van der Waals surface area contributed by atoms with Crippen LogP contribution in [0.1, 0.15) is 11.1 Å². The quantitative estimate of drug-likeness (QED) is 0.745. The Morgan fingerprint density at radius 3 is 2.53 bits per heavy atom. The van der Waals surface area contributed by atoms with Crippen LogP contribution in [0.2, 0.25) is 0 Å². The highest BCUT2D eigenvalue weighted by Gasteiger charge is 2.05. The molecule has 0 heterocycles. The first-order chi connectivity index (χ1) is 9.06. The van der Waals surface area contributed by atoms with Gasteiger partial charge in [-0.2, -0.15) is 0 Å². The van der Waals surface area contributed by atoms with Gasteiger partial charge in [-0.1, -0.05) is 56.2 Å². The molecule has 0 fully saturated rings. The van der Waals surface area contributed by atoms with Gasteiger partial charge in [0, 0.05) is 26.7 Å². The van der Waals surface area contributed by atoms with Gasteiger partial charge in [0.1, 0.15) is 4.99 Å². The molecule has 0 unspecified atom stereocenters. The van der Waals surface area contributed by atoms with Crippen LogP contribution in [0, 0.1) is 0 Å². The second kappa shape index (κ2) is 6.50. The van der Waals surface area contributed by atoms with Gasteiger partial charge in [0.2, 0.25) is 0 Å². The van der Waals surface area contributed by atoms with E-state index in [-0.39, 0.29) is 0 Å². The maximum absolute atomic E-state index is 5.73. The third-order valence-electron chi connectivity index (χ3n) is 2.62. The number of hydrogen-bond acceptors (Lipinski definition) is 2. The molecular formula is C14H12Br2N2S. The molecule has 0 radical (unpaired) electrons. The molecule has 0 saturated heterocycles. The molecule has 5 heteroatoms. The van der Waals surface area contributed by atoms with Gasteiger partial charge in [0.05, 0.1) is 0 Å². The van der Waals surface area contributed by atoms with Gasteiger partial charge in [-0.3, -0.25) is 0 Å². The topological polar surface area (TPSA) is 38.0 Å². The molecule has 0 saturated carbocycles. The first kappa shape index (κ1) is 14.5. The zero-order valence-electron chi connectivity index (χ0n) is 9.99. The van der Waals surface area contributed by atoms with Crippen molar-refractivity contribution >= 4 is 54.8 Å². The Morgan fingerprint density at radius 1 is 1.11 bits per heavy atom. The second-order valence-corrected chi connectivity index (χ2v) is 6.31. The van der Waals surface area contributed by atoms with Gasteiger partial charge in [0.15, 0.2) is 0 Å². The van der Waals surface area contributed by atoms with E-state index < -0.39 is 0 Å². The average molecular weight is 400 g/mol. The number of thiocarbonyl (C=S) groups is 1. The Labute approximate surface area is 134 Å². The molecule has 19 heavy (non-hydrogen) atoms. The lowest BCUT2D eigenvalue weighted by atomic mass is 10.1. The van der Waals surface area contributed by atoms with E-state index in [1.54, 1.807) is 0 Å². The summed E-state index contributed by atoms with van der Waals surface area (Å²) in [5.41, 5.74) is 8.70. The van der Waals surface area contributed by atoms with Crippen LogP contribution >= 0.6 is 44.1 Å². The summed E-state index contributed by atoms with van der Waals surface area (Å²) >= 11 is 12.0. The fraction of sp³-hybridized carbons (Fsp3) is 0.0714. The van der Waals surface area contributed by atoms with Crippen LogP contribution in [-0.4, -0.2) is 4.99 Å². The highest BCUT2D eigenvalue weighted by molar-refractivity contribution is 9.10. The van der Waals surface area contributed by atoms with E-state index in [0.29, 0.717) is 11.5 Å². The van der Waals surface area contributed by atoms with Crippen molar-refractivity contribution in [1.82, 2.24) is 0 Å². The van der Waals surface area contributed by atoms with Crippen LogP contribution in [0.3, 0.4) is 0 Å². The Balaban J connectivity index is 2.19. The standard InChI is InChI=1S/C14H12Br2N2S/c15-10-3-1-2-9(6-10)8-18-13-7-11(16)4-5-12(13)14(17)19/h1-7,18H,8H2,(H2,17,19). The summed E-state index contributed by atoms with van der Waals surface area (Å²) < 4.78 is 2.06. The van der Waals surface area contributed by atoms with Gasteiger partial charge in [-0.25, -0.2) is 0 Å². The number of halogens is 2. The van der Waals surface area contributed by atoms with Crippen molar-refractivity contribution < 1.29 is 0 Å². The number of nitrogens with two attached hydrogens (primary N) is 1. The normalized spacial score (nSPS) is 10.2. The first-order valence-electron chi connectivity index (χ1n) is 5.64. The fourth-order valence-corrected chi connectivity index (χ4v) is 2.71. The third-order valence-corrected chi connectivity index (χ3v) is 3.83. The smallest absolute Gasteiger partial charge is 0.106 e. The summed E-state index contributed by atoms with van der Waals surface area (Å²) in [6.45, 7) is 0.714. The Morgan fingerprint density at radius 2 is 1.84 bits per heavy atom. The molecule has 0 spiro atoms. The molecule has 98 valence electrons. The lowest BCUT2D eigenvalue weighted by Crippen LogP contribution is -2.13. The maximum Gasteiger partial charge on any atom is 0.106 e. The van der Waals surface area contributed by atoms with E-state index >= 15 is 0 Å². The average Bonchev–Trinajstić information content (AvgIpc) is 2.36. The van der Waals surface area contributed by atoms with Crippen LogP contribution in [-0.2, 0) is 6.54 Å². The zero-order valence-corrected chi connectivity index (χ0v) is 14.0. The minimum atomic E-state index is 0.393. The van der Waals surface area contributed by atoms with E-state index in [0.717, 1.165) is 20.2 Å². The number of rotatable bonds is 4. The van der Waals surface area contributed by atoms with E-state index in [4.69, 9.17) is 18.0 Å². The molecule has 0 aliphatic carbocycles. The molecule has 2 aromatic rings. The monoisotopic (exact) mass is 398 g/mol. The summed E-state index contributed by atoms with van der Waals surface area (Å²) in [5.74, 6) is 0. The number of anilines is 1. The first-order valence-corrected chi connectivity index (χ1v) is 7.63. The second-order valence-electron chi connectivity index (χ2n) is 4.04.